The number of hydrogen-bond acceptors (Lipinski definition) is 2. The van der Waals surface area contributed by atoms with E-state index in [2.05, 4.69) is 22.3 Å². The number of benzene rings is 2. The Kier molecular flexibility index (Phi) is 3.55. The maximum atomic E-state index is 14.2. The summed E-state index contributed by atoms with van der Waals surface area (Å²) in [6, 6.07) is 11.6. The SMILES string of the molecule is Fc1cccc(Cl)c1-c1ccc2c(c1)N1CCNCCC1C2. The molecule has 0 aliphatic carbocycles. The topological polar surface area (TPSA) is 15.3 Å². The highest BCUT2D eigenvalue weighted by atomic mass is 35.5. The molecule has 4 heteroatoms. The average molecular weight is 317 g/mol. The number of nitrogens with zero attached hydrogens (tertiary/aromatic N) is 1. The molecule has 0 spiro atoms. The van der Waals surface area contributed by atoms with E-state index in [0.29, 0.717) is 16.6 Å². The first-order valence-electron chi connectivity index (χ1n) is 7.79. The van der Waals surface area contributed by atoms with Crippen molar-refractivity contribution in [2.75, 3.05) is 24.5 Å². The third-order valence-corrected chi connectivity index (χ3v) is 5.04. The molecule has 2 heterocycles. The first-order chi connectivity index (χ1) is 10.7. The first kappa shape index (κ1) is 14.0. The van der Waals surface area contributed by atoms with Gasteiger partial charge in [-0.3, -0.25) is 0 Å². The lowest BCUT2D eigenvalue weighted by Gasteiger charge is -2.25. The molecule has 2 aromatic rings. The molecule has 0 radical (unpaired) electrons. The first-order valence-corrected chi connectivity index (χ1v) is 8.16. The Balaban J connectivity index is 1.78. The van der Waals surface area contributed by atoms with E-state index in [1.54, 1.807) is 12.1 Å². The van der Waals surface area contributed by atoms with Gasteiger partial charge in [0, 0.05) is 30.4 Å². The molecule has 114 valence electrons. The van der Waals surface area contributed by atoms with Gasteiger partial charge in [-0.25, -0.2) is 4.39 Å². The van der Waals surface area contributed by atoms with Crippen LogP contribution in [0.1, 0.15) is 12.0 Å². The van der Waals surface area contributed by atoms with Gasteiger partial charge in [0.05, 0.1) is 5.02 Å². The van der Waals surface area contributed by atoms with Crippen molar-refractivity contribution in [3.05, 3.63) is 52.8 Å². The molecule has 1 unspecified atom stereocenters. The minimum atomic E-state index is -0.264. The van der Waals surface area contributed by atoms with E-state index in [-0.39, 0.29) is 5.82 Å². The quantitative estimate of drug-likeness (QED) is 0.859. The van der Waals surface area contributed by atoms with Gasteiger partial charge in [0.25, 0.3) is 0 Å². The second-order valence-corrected chi connectivity index (χ2v) is 6.44. The summed E-state index contributed by atoms with van der Waals surface area (Å²) >= 11 is 6.21. The molecule has 1 N–H and O–H groups in total. The highest BCUT2D eigenvalue weighted by molar-refractivity contribution is 6.33. The third-order valence-electron chi connectivity index (χ3n) is 4.73. The summed E-state index contributed by atoms with van der Waals surface area (Å²) in [7, 11) is 0. The summed E-state index contributed by atoms with van der Waals surface area (Å²) in [6.07, 6.45) is 2.24. The van der Waals surface area contributed by atoms with Crippen molar-refractivity contribution >= 4 is 17.3 Å². The zero-order chi connectivity index (χ0) is 15.1. The standard InChI is InChI=1S/C18H18ClFN2/c19-15-2-1-3-16(20)18(15)13-5-4-12-10-14-6-7-21-8-9-22(14)17(12)11-13/h1-5,11,14,21H,6-10H2. The Labute approximate surface area is 134 Å². The minimum Gasteiger partial charge on any atom is -0.367 e. The number of anilines is 1. The van der Waals surface area contributed by atoms with Crippen LogP contribution < -0.4 is 10.2 Å². The summed E-state index contributed by atoms with van der Waals surface area (Å²) < 4.78 is 14.2. The van der Waals surface area contributed by atoms with Gasteiger partial charge in [-0.2, -0.15) is 0 Å². The van der Waals surface area contributed by atoms with E-state index in [1.807, 2.05) is 6.07 Å². The van der Waals surface area contributed by atoms with Crippen molar-refractivity contribution in [3.63, 3.8) is 0 Å². The van der Waals surface area contributed by atoms with Gasteiger partial charge in [-0.05, 0) is 48.7 Å². The van der Waals surface area contributed by atoms with E-state index in [9.17, 15) is 4.39 Å². The van der Waals surface area contributed by atoms with Crippen LogP contribution in [-0.2, 0) is 6.42 Å². The Morgan fingerprint density at radius 1 is 1.18 bits per heavy atom. The molecular weight excluding hydrogens is 299 g/mol. The number of fused-ring (bicyclic) bond motifs is 3. The van der Waals surface area contributed by atoms with E-state index < -0.39 is 0 Å². The van der Waals surface area contributed by atoms with Crippen LogP contribution in [0.15, 0.2) is 36.4 Å². The summed E-state index contributed by atoms with van der Waals surface area (Å²) in [5.74, 6) is -0.264. The Hall–Kier alpha value is -1.58. The summed E-state index contributed by atoms with van der Waals surface area (Å²) in [5, 5.41) is 3.91. The maximum absolute atomic E-state index is 14.2. The molecule has 2 aliphatic rings. The number of halogens is 2. The largest absolute Gasteiger partial charge is 0.367 e. The summed E-state index contributed by atoms with van der Waals surface area (Å²) in [5.41, 5.74) is 3.97. The van der Waals surface area contributed by atoms with Crippen LogP contribution in [-0.4, -0.2) is 25.7 Å². The molecule has 2 aliphatic heterocycles. The van der Waals surface area contributed by atoms with Gasteiger partial charge >= 0.3 is 0 Å². The van der Waals surface area contributed by atoms with Crippen LogP contribution in [0.5, 0.6) is 0 Å². The fourth-order valence-corrected chi connectivity index (χ4v) is 3.92. The second kappa shape index (κ2) is 5.56. The molecule has 1 saturated heterocycles. The minimum absolute atomic E-state index is 0.264. The number of rotatable bonds is 1. The van der Waals surface area contributed by atoms with Crippen molar-refractivity contribution < 1.29 is 4.39 Å². The highest BCUT2D eigenvalue weighted by Gasteiger charge is 2.30. The molecule has 22 heavy (non-hydrogen) atoms. The van der Waals surface area contributed by atoms with Crippen LogP contribution in [0, 0.1) is 5.82 Å². The van der Waals surface area contributed by atoms with Gasteiger partial charge in [-0.1, -0.05) is 29.8 Å². The van der Waals surface area contributed by atoms with Crippen LogP contribution in [0.25, 0.3) is 11.1 Å². The molecular formula is C18H18ClFN2. The molecule has 0 amide bonds. The third kappa shape index (κ3) is 2.29. The van der Waals surface area contributed by atoms with Crippen LogP contribution in [0.4, 0.5) is 10.1 Å². The van der Waals surface area contributed by atoms with E-state index >= 15 is 0 Å². The number of hydrogen-bond donors (Lipinski definition) is 1. The molecule has 2 nitrogen and oxygen atoms in total. The van der Waals surface area contributed by atoms with Crippen molar-refractivity contribution in [2.45, 2.75) is 18.9 Å². The lowest BCUT2D eigenvalue weighted by molar-refractivity contribution is 0.612. The lowest BCUT2D eigenvalue weighted by Crippen LogP contribution is -2.32. The second-order valence-electron chi connectivity index (χ2n) is 6.03. The fourth-order valence-electron chi connectivity index (χ4n) is 3.65. The van der Waals surface area contributed by atoms with Crippen molar-refractivity contribution in [1.29, 1.82) is 0 Å². The molecule has 4 rings (SSSR count). The van der Waals surface area contributed by atoms with E-state index in [0.717, 1.165) is 38.0 Å². The number of nitrogens with one attached hydrogen (secondary N) is 1. The Morgan fingerprint density at radius 3 is 2.95 bits per heavy atom. The average Bonchev–Trinajstić information content (AvgIpc) is 2.68. The van der Waals surface area contributed by atoms with Crippen LogP contribution in [0.3, 0.4) is 0 Å². The fraction of sp³-hybridized carbons (Fsp3) is 0.333. The van der Waals surface area contributed by atoms with Crippen LogP contribution >= 0.6 is 11.6 Å². The summed E-state index contributed by atoms with van der Waals surface area (Å²) in [4.78, 5) is 2.47. The maximum Gasteiger partial charge on any atom is 0.132 e. The van der Waals surface area contributed by atoms with Gasteiger partial charge in [0.15, 0.2) is 0 Å². The molecule has 0 bridgehead atoms. The predicted molar refractivity (Wildman–Crippen MR) is 89.2 cm³/mol. The zero-order valence-electron chi connectivity index (χ0n) is 12.3. The van der Waals surface area contributed by atoms with E-state index in [4.69, 9.17) is 11.6 Å². The monoisotopic (exact) mass is 316 g/mol. The highest BCUT2D eigenvalue weighted by Crippen LogP contribution is 2.39. The van der Waals surface area contributed by atoms with Crippen molar-refractivity contribution in [2.24, 2.45) is 0 Å². The smallest absolute Gasteiger partial charge is 0.132 e. The molecule has 0 aromatic heterocycles. The molecule has 2 aromatic carbocycles. The Morgan fingerprint density at radius 2 is 2.09 bits per heavy atom. The lowest BCUT2D eigenvalue weighted by atomic mass is 10.0. The molecule has 1 fully saturated rings. The van der Waals surface area contributed by atoms with Gasteiger partial charge in [0.2, 0.25) is 0 Å². The van der Waals surface area contributed by atoms with E-state index in [1.165, 1.54) is 17.3 Å². The van der Waals surface area contributed by atoms with Gasteiger partial charge in [-0.15, -0.1) is 0 Å². The Bertz CT molecular complexity index is 696. The molecule has 0 saturated carbocycles. The van der Waals surface area contributed by atoms with Crippen molar-refractivity contribution in [3.8, 4) is 11.1 Å². The van der Waals surface area contributed by atoms with Gasteiger partial charge < -0.3 is 10.2 Å². The van der Waals surface area contributed by atoms with Crippen LogP contribution in [0.2, 0.25) is 5.02 Å². The zero-order valence-corrected chi connectivity index (χ0v) is 13.0. The predicted octanol–water partition coefficient (Wildman–Crippen LogP) is 3.87. The summed E-state index contributed by atoms with van der Waals surface area (Å²) in [6.45, 7) is 3.08. The molecule has 1 atom stereocenters. The van der Waals surface area contributed by atoms with Gasteiger partial charge in [0.1, 0.15) is 5.82 Å². The van der Waals surface area contributed by atoms with Crippen molar-refractivity contribution in [1.82, 2.24) is 5.32 Å². The normalized spacial score (nSPS) is 20.5.